The summed E-state index contributed by atoms with van der Waals surface area (Å²) in [5, 5.41) is 0. The summed E-state index contributed by atoms with van der Waals surface area (Å²) < 4.78 is 5.79. The van der Waals surface area contributed by atoms with Crippen molar-refractivity contribution >= 4 is 5.91 Å². The molecule has 0 unspecified atom stereocenters. The molecule has 0 saturated carbocycles. The van der Waals surface area contributed by atoms with Gasteiger partial charge in [-0.05, 0) is 37.1 Å². The van der Waals surface area contributed by atoms with Crippen molar-refractivity contribution in [3.8, 4) is 11.6 Å². The Balaban J connectivity index is 1.48. The van der Waals surface area contributed by atoms with Crippen LogP contribution in [-0.2, 0) is 0 Å². The van der Waals surface area contributed by atoms with Crippen molar-refractivity contribution in [3.63, 3.8) is 0 Å². The fourth-order valence-electron chi connectivity index (χ4n) is 3.27. The molecule has 0 aliphatic carbocycles. The molecule has 6 nitrogen and oxygen atoms in total. The maximum atomic E-state index is 12.7. The quantitative estimate of drug-likeness (QED) is 0.710. The largest absolute Gasteiger partial charge is 0.437 e. The second kappa shape index (κ2) is 7.95. The predicted octanol–water partition coefficient (Wildman–Crippen LogP) is 3.68. The maximum Gasteiger partial charge on any atom is 0.272 e. The zero-order chi connectivity index (χ0) is 18.5. The molecule has 0 radical (unpaired) electrons. The maximum absolute atomic E-state index is 12.7. The van der Waals surface area contributed by atoms with E-state index in [0.717, 1.165) is 30.8 Å². The molecule has 3 aromatic rings. The predicted molar refractivity (Wildman–Crippen MR) is 101 cm³/mol. The van der Waals surface area contributed by atoms with E-state index in [1.165, 1.54) is 0 Å². The van der Waals surface area contributed by atoms with Crippen LogP contribution in [0.2, 0.25) is 0 Å². The normalized spacial score (nSPS) is 16.7. The van der Waals surface area contributed by atoms with E-state index < -0.39 is 0 Å². The average Bonchev–Trinajstić information content (AvgIpc) is 2.75. The topological polar surface area (TPSA) is 68.2 Å². The summed E-state index contributed by atoms with van der Waals surface area (Å²) in [5.74, 6) is 1.29. The highest BCUT2D eigenvalue weighted by Crippen LogP contribution is 2.28. The Kier molecular flexibility index (Phi) is 5.05. The Labute approximate surface area is 157 Å². The number of amides is 1. The van der Waals surface area contributed by atoms with Crippen LogP contribution in [0, 0.1) is 0 Å². The number of benzene rings is 1. The molecule has 1 atom stereocenters. The second-order valence-electron chi connectivity index (χ2n) is 6.50. The van der Waals surface area contributed by atoms with Crippen LogP contribution in [0.1, 0.15) is 34.9 Å². The van der Waals surface area contributed by atoms with E-state index in [0.29, 0.717) is 18.1 Å². The summed E-state index contributed by atoms with van der Waals surface area (Å²) in [7, 11) is 0. The van der Waals surface area contributed by atoms with Crippen LogP contribution < -0.4 is 4.74 Å². The summed E-state index contributed by atoms with van der Waals surface area (Å²) in [6.45, 7) is 1.35. The van der Waals surface area contributed by atoms with Gasteiger partial charge in [0.15, 0.2) is 0 Å². The molecule has 1 fully saturated rings. The van der Waals surface area contributed by atoms with Crippen molar-refractivity contribution in [2.45, 2.75) is 18.8 Å². The number of para-hydroxylation sites is 1. The molecule has 2 aromatic heterocycles. The van der Waals surface area contributed by atoms with E-state index in [4.69, 9.17) is 4.74 Å². The van der Waals surface area contributed by atoms with Gasteiger partial charge in [-0.1, -0.05) is 24.3 Å². The number of aromatic nitrogens is 3. The number of hydrogen-bond acceptors (Lipinski definition) is 5. The van der Waals surface area contributed by atoms with Crippen LogP contribution in [0.3, 0.4) is 0 Å². The lowest BCUT2D eigenvalue weighted by Gasteiger charge is -2.32. The Morgan fingerprint density at radius 1 is 1.07 bits per heavy atom. The van der Waals surface area contributed by atoms with Gasteiger partial charge < -0.3 is 9.64 Å². The molecule has 1 aliphatic rings. The SMILES string of the molecule is O=C(c1ccccn1)N1CCC[C@H](c2cncc(Oc3ccccc3)n2)C1. The Hall–Kier alpha value is -3.28. The van der Waals surface area contributed by atoms with Gasteiger partial charge in [0.25, 0.3) is 5.91 Å². The van der Waals surface area contributed by atoms with E-state index in [9.17, 15) is 4.79 Å². The molecule has 1 aliphatic heterocycles. The van der Waals surface area contributed by atoms with Gasteiger partial charge >= 0.3 is 0 Å². The molecule has 3 heterocycles. The Morgan fingerprint density at radius 3 is 2.74 bits per heavy atom. The lowest BCUT2D eigenvalue weighted by atomic mass is 9.95. The second-order valence-corrected chi connectivity index (χ2v) is 6.50. The highest BCUT2D eigenvalue weighted by atomic mass is 16.5. The van der Waals surface area contributed by atoms with Gasteiger partial charge in [-0.3, -0.25) is 14.8 Å². The minimum atomic E-state index is -0.0371. The summed E-state index contributed by atoms with van der Waals surface area (Å²) in [6, 6.07) is 14.9. The zero-order valence-corrected chi connectivity index (χ0v) is 14.9. The fraction of sp³-hybridized carbons (Fsp3) is 0.238. The molecular weight excluding hydrogens is 340 g/mol. The molecule has 4 rings (SSSR count). The van der Waals surface area contributed by atoms with Crippen LogP contribution in [-0.4, -0.2) is 38.8 Å². The number of likely N-dealkylation sites (tertiary alicyclic amines) is 1. The lowest BCUT2D eigenvalue weighted by molar-refractivity contribution is 0.0699. The van der Waals surface area contributed by atoms with Gasteiger partial charge in [-0.25, -0.2) is 4.98 Å². The summed E-state index contributed by atoms with van der Waals surface area (Å²) in [6.07, 6.45) is 6.90. The van der Waals surface area contributed by atoms with Crippen LogP contribution in [0.4, 0.5) is 0 Å². The van der Waals surface area contributed by atoms with Crippen LogP contribution >= 0.6 is 0 Å². The molecule has 1 amide bonds. The number of pyridine rings is 1. The standard InChI is InChI=1S/C21H20N4O2/c26-21(18-10-4-5-11-23-18)25-12-6-7-16(15-25)19-13-22-14-20(24-19)27-17-8-2-1-3-9-17/h1-5,8-11,13-14,16H,6-7,12,15H2/t16-/m0/s1. The number of rotatable bonds is 4. The number of hydrogen-bond donors (Lipinski definition) is 0. The highest BCUT2D eigenvalue weighted by Gasteiger charge is 2.27. The van der Waals surface area contributed by atoms with Crippen LogP contribution in [0.5, 0.6) is 11.6 Å². The number of nitrogens with zero attached hydrogens (tertiary/aromatic N) is 4. The molecular formula is C21H20N4O2. The minimum absolute atomic E-state index is 0.0371. The monoisotopic (exact) mass is 360 g/mol. The first-order chi connectivity index (χ1) is 13.3. The Bertz CT molecular complexity index is 902. The van der Waals surface area contributed by atoms with Gasteiger partial charge in [0.1, 0.15) is 11.4 Å². The fourth-order valence-corrected chi connectivity index (χ4v) is 3.27. The molecule has 6 heteroatoms. The first kappa shape index (κ1) is 17.1. The highest BCUT2D eigenvalue weighted by molar-refractivity contribution is 5.92. The number of carbonyl (C=O) groups is 1. The van der Waals surface area contributed by atoms with E-state index >= 15 is 0 Å². The molecule has 1 saturated heterocycles. The van der Waals surface area contributed by atoms with Gasteiger partial charge in [0.05, 0.1) is 11.9 Å². The summed E-state index contributed by atoms with van der Waals surface area (Å²) >= 11 is 0. The zero-order valence-electron chi connectivity index (χ0n) is 14.9. The molecule has 136 valence electrons. The number of piperidine rings is 1. The van der Waals surface area contributed by atoms with E-state index in [1.54, 1.807) is 24.7 Å². The molecule has 27 heavy (non-hydrogen) atoms. The van der Waals surface area contributed by atoms with E-state index in [-0.39, 0.29) is 11.8 Å². The number of carbonyl (C=O) groups excluding carboxylic acids is 1. The van der Waals surface area contributed by atoms with Crippen molar-refractivity contribution in [2.24, 2.45) is 0 Å². The molecule has 1 aromatic carbocycles. The van der Waals surface area contributed by atoms with Gasteiger partial charge in [0, 0.05) is 31.4 Å². The first-order valence-electron chi connectivity index (χ1n) is 9.05. The third-order valence-electron chi connectivity index (χ3n) is 4.61. The first-order valence-corrected chi connectivity index (χ1v) is 9.05. The van der Waals surface area contributed by atoms with Crippen molar-refractivity contribution in [1.29, 1.82) is 0 Å². The minimum Gasteiger partial charge on any atom is -0.437 e. The third-order valence-corrected chi connectivity index (χ3v) is 4.61. The van der Waals surface area contributed by atoms with Gasteiger partial charge in [-0.2, -0.15) is 0 Å². The van der Waals surface area contributed by atoms with Crippen molar-refractivity contribution in [3.05, 3.63) is 78.5 Å². The van der Waals surface area contributed by atoms with Gasteiger partial charge in [0.2, 0.25) is 5.88 Å². The molecule has 0 spiro atoms. The van der Waals surface area contributed by atoms with Crippen molar-refractivity contribution in [1.82, 2.24) is 19.9 Å². The molecule has 0 N–H and O–H groups in total. The smallest absolute Gasteiger partial charge is 0.272 e. The number of ether oxygens (including phenoxy) is 1. The van der Waals surface area contributed by atoms with Crippen LogP contribution in [0.25, 0.3) is 0 Å². The van der Waals surface area contributed by atoms with E-state index in [2.05, 4.69) is 15.0 Å². The summed E-state index contributed by atoms with van der Waals surface area (Å²) in [5.41, 5.74) is 1.33. The average molecular weight is 360 g/mol. The summed E-state index contributed by atoms with van der Waals surface area (Å²) in [4.78, 5) is 27.6. The van der Waals surface area contributed by atoms with Gasteiger partial charge in [-0.15, -0.1) is 0 Å². The molecule has 0 bridgehead atoms. The Morgan fingerprint density at radius 2 is 1.93 bits per heavy atom. The van der Waals surface area contributed by atoms with Crippen LogP contribution in [0.15, 0.2) is 67.1 Å². The lowest BCUT2D eigenvalue weighted by Crippen LogP contribution is -2.39. The third kappa shape index (κ3) is 4.11. The van der Waals surface area contributed by atoms with Crippen molar-refractivity contribution < 1.29 is 9.53 Å². The van der Waals surface area contributed by atoms with Crippen molar-refractivity contribution in [2.75, 3.05) is 13.1 Å². The van der Waals surface area contributed by atoms with E-state index in [1.807, 2.05) is 47.4 Å².